The molecule has 0 aliphatic rings. The predicted octanol–water partition coefficient (Wildman–Crippen LogP) is 8.00. The van der Waals surface area contributed by atoms with Crippen molar-refractivity contribution in [2.24, 2.45) is 0 Å². The van der Waals surface area contributed by atoms with Crippen LogP contribution in [-0.4, -0.2) is 29.0 Å². The number of carbonyl (C=O) groups is 1. The Balaban J connectivity index is -0.000000493. The Labute approximate surface area is 199 Å². The van der Waals surface area contributed by atoms with Crippen molar-refractivity contribution in [2.45, 2.75) is 79.9 Å². The van der Waals surface area contributed by atoms with E-state index < -0.39 is 10.8 Å². The number of hydrogen-bond acceptors (Lipinski definition) is 4. The number of ether oxygens (including phenoxy) is 1. The van der Waals surface area contributed by atoms with Crippen molar-refractivity contribution in [1.82, 2.24) is 0 Å². The number of Topliss-reactive ketones (excluding diaryl/α,β-unsaturated/α-hetero) is 1. The monoisotopic (exact) mass is 470 g/mol. The molecular formula is C26H46O3S2. The van der Waals surface area contributed by atoms with E-state index in [0.717, 1.165) is 10.4 Å². The Kier molecular flexibility index (Phi) is 31.8. The van der Waals surface area contributed by atoms with Gasteiger partial charge in [-0.15, -0.1) is 11.3 Å². The molecule has 180 valence electrons. The third kappa shape index (κ3) is 31.0. The molecule has 0 aromatic carbocycles. The molecule has 1 aromatic rings. The lowest BCUT2D eigenvalue weighted by Crippen LogP contribution is -2.07. The SMILES string of the molecule is C=C/C=C\C.CCCC.CCCC.CCOC/C=C/c1csc(CS(=O)CC(C)=O)c1. The molecule has 0 spiro atoms. The number of unbranched alkanes of at least 4 members (excludes halogenated alkanes) is 2. The van der Waals surface area contributed by atoms with E-state index in [0.29, 0.717) is 19.0 Å². The molecule has 0 bridgehead atoms. The number of hydrogen-bond donors (Lipinski definition) is 0. The summed E-state index contributed by atoms with van der Waals surface area (Å²) in [5.74, 6) is 0.582. The van der Waals surface area contributed by atoms with Crippen LogP contribution < -0.4 is 0 Å². The van der Waals surface area contributed by atoms with Crippen molar-refractivity contribution in [3.63, 3.8) is 0 Å². The van der Waals surface area contributed by atoms with Gasteiger partial charge in [0.2, 0.25) is 0 Å². The number of allylic oxidation sites excluding steroid dienone is 3. The maximum Gasteiger partial charge on any atom is 0.142 e. The molecular weight excluding hydrogens is 424 g/mol. The number of rotatable bonds is 11. The van der Waals surface area contributed by atoms with E-state index in [4.69, 9.17) is 4.74 Å². The summed E-state index contributed by atoms with van der Waals surface area (Å²) in [6, 6.07) is 2.01. The zero-order chi connectivity index (χ0) is 24.3. The van der Waals surface area contributed by atoms with E-state index >= 15 is 0 Å². The van der Waals surface area contributed by atoms with Gasteiger partial charge in [0.05, 0.1) is 18.1 Å². The predicted molar refractivity (Wildman–Crippen MR) is 143 cm³/mol. The molecule has 3 nitrogen and oxygen atoms in total. The molecule has 0 aliphatic carbocycles. The van der Waals surface area contributed by atoms with Gasteiger partial charge in [0.15, 0.2) is 0 Å². The van der Waals surface area contributed by atoms with Crippen molar-refractivity contribution < 1.29 is 13.7 Å². The van der Waals surface area contributed by atoms with Crippen molar-refractivity contribution in [3.05, 3.63) is 52.8 Å². The van der Waals surface area contributed by atoms with E-state index in [1.165, 1.54) is 32.6 Å². The second-order valence-corrected chi connectivity index (χ2v) is 9.05. The molecule has 0 N–H and O–H groups in total. The Morgan fingerprint density at radius 3 is 2.10 bits per heavy atom. The van der Waals surface area contributed by atoms with Gasteiger partial charge >= 0.3 is 0 Å². The smallest absolute Gasteiger partial charge is 0.142 e. The van der Waals surface area contributed by atoms with Crippen LogP contribution in [0.1, 0.15) is 84.6 Å². The summed E-state index contributed by atoms with van der Waals surface area (Å²) in [4.78, 5) is 11.9. The third-order valence-corrected chi connectivity index (χ3v) is 5.90. The van der Waals surface area contributed by atoms with E-state index in [-0.39, 0.29) is 11.5 Å². The van der Waals surface area contributed by atoms with Crippen LogP contribution in [0, 0.1) is 0 Å². The fourth-order valence-electron chi connectivity index (χ4n) is 1.50. The van der Waals surface area contributed by atoms with E-state index in [1.54, 1.807) is 17.4 Å². The van der Waals surface area contributed by atoms with Gasteiger partial charge < -0.3 is 4.74 Å². The summed E-state index contributed by atoms with van der Waals surface area (Å²) in [7, 11) is -1.08. The van der Waals surface area contributed by atoms with Crippen molar-refractivity contribution in [3.8, 4) is 0 Å². The number of carbonyl (C=O) groups excluding carboxylic acids is 1. The van der Waals surface area contributed by atoms with Gasteiger partial charge in [0, 0.05) is 22.3 Å². The van der Waals surface area contributed by atoms with E-state index in [9.17, 15) is 9.00 Å². The number of thiophene rings is 1. The van der Waals surface area contributed by atoms with Gasteiger partial charge in [0.25, 0.3) is 0 Å². The molecule has 5 heteroatoms. The molecule has 1 rings (SSSR count). The molecule has 0 saturated heterocycles. The average molecular weight is 471 g/mol. The minimum absolute atomic E-state index is 0.0262. The maximum absolute atomic E-state index is 11.6. The molecule has 0 amide bonds. The highest BCUT2D eigenvalue weighted by Crippen LogP contribution is 2.17. The topological polar surface area (TPSA) is 43.4 Å². The molecule has 0 fully saturated rings. The quantitative estimate of drug-likeness (QED) is 0.243. The molecule has 31 heavy (non-hydrogen) atoms. The highest BCUT2D eigenvalue weighted by atomic mass is 32.2. The largest absolute Gasteiger partial charge is 0.378 e. The first-order chi connectivity index (χ1) is 14.9. The lowest BCUT2D eigenvalue weighted by molar-refractivity contribution is -0.114. The first-order valence-electron chi connectivity index (χ1n) is 11.3. The molecule has 1 aromatic heterocycles. The fraction of sp³-hybridized carbons (Fsp3) is 0.577. The lowest BCUT2D eigenvalue weighted by atomic mass is 10.3. The summed E-state index contributed by atoms with van der Waals surface area (Å²) in [6.45, 7) is 18.9. The Morgan fingerprint density at radius 2 is 1.71 bits per heavy atom. The van der Waals surface area contributed by atoms with Gasteiger partial charge in [0.1, 0.15) is 5.78 Å². The second kappa shape index (κ2) is 28.7. The van der Waals surface area contributed by atoms with E-state index in [2.05, 4.69) is 34.3 Å². The van der Waals surface area contributed by atoms with Gasteiger partial charge in [-0.3, -0.25) is 9.00 Å². The molecule has 0 aliphatic heterocycles. The first-order valence-corrected chi connectivity index (χ1v) is 13.6. The summed E-state index contributed by atoms with van der Waals surface area (Å²) in [5, 5.41) is 2.02. The molecule has 1 atom stereocenters. The minimum Gasteiger partial charge on any atom is -0.378 e. The summed E-state index contributed by atoms with van der Waals surface area (Å²) >= 11 is 1.57. The molecule has 0 radical (unpaired) electrons. The summed E-state index contributed by atoms with van der Waals surface area (Å²) in [6.07, 6.45) is 14.8. The van der Waals surface area contributed by atoms with Crippen LogP contribution in [-0.2, 0) is 26.1 Å². The van der Waals surface area contributed by atoms with Crippen LogP contribution in [0.4, 0.5) is 0 Å². The highest BCUT2D eigenvalue weighted by Gasteiger charge is 2.06. The average Bonchev–Trinajstić information content (AvgIpc) is 3.19. The number of ketones is 1. The summed E-state index contributed by atoms with van der Waals surface area (Å²) < 4.78 is 16.8. The lowest BCUT2D eigenvalue weighted by Gasteiger charge is -1.95. The fourth-order valence-corrected chi connectivity index (χ4v) is 3.76. The summed E-state index contributed by atoms with van der Waals surface area (Å²) in [5.41, 5.74) is 1.09. The minimum atomic E-state index is -1.08. The van der Waals surface area contributed by atoms with Gasteiger partial charge in [-0.2, -0.15) is 0 Å². The zero-order valence-corrected chi connectivity index (χ0v) is 22.6. The maximum atomic E-state index is 11.6. The van der Waals surface area contributed by atoms with E-state index in [1.807, 2.05) is 49.6 Å². The highest BCUT2D eigenvalue weighted by molar-refractivity contribution is 7.85. The molecule has 1 unspecified atom stereocenters. The Morgan fingerprint density at radius 1 is 1.13 bits per heavy atom. The normalized spacial score (nSPS) is 10.9. The molecule has 1 heterocycles. The molecule has 0 saturated carbocycles. The van der Waals surface area contributed by atoms with Crippen LogP contribution in [0.25, 0.3) is 6.08 Å². The Bertz CT molecular complexity index is 594. The van der Waals surface area contributed by atoms with Crippen LogP contribution in [0.15, 0.2) is 42.3 Å². The van der Waals surface area contributed by atoms with Gasteiger partial charge in [-0.05, 0) is 37.8 Å². The second-order valence-electron chi connectivity index (χ2n) is 6.60. The standard InChI is InChI=1S/C13H18O3S2.C5H8.2C4H10/c1-3-16-6-4-5-12-7-13(17-8-12)10-18(15)9-11(2)14;1-3-5-4-2;2*1-3-4-2/h4-5,7-8H,3,6,9-10H2,1-2H3;3-5H,1H2,2H3;2*3-4H2,1-2H3/b5-4+;5-4-;;. The van der Waals surface area contributed by atoms with Crippen LogP contribution in [0.2, 0.25) is 0 Å². The van der Waals surface area contributed by atoms with Crippen molar-refractivity contribution in [1.29, 1.82) is 0 Å². The van der Waals surface area contributed by atoms with Crippen LogP contribution in [0.5, 0.6) is 0 Å². The zero-order valence-electron chi connectivity index (χ0n) is 20.9. The van der Waals surface area contributed by atoms with Crippen molar-refractivity contribution in [2.75, 3.05) is 19.0 Å². The van der Waals surface area contributed by atoms with Crippen LogP contribution in [0.3, 0.4) is 0 Å². The third-order valence-electron chi connectivity index (χ3n) is 3.40. The van der Waals surface area contributed by atoms with Crippen LogP contribution >= 0.6 is 11.3 Å². The Hall–Kier alpha value is -1.30. The van der Waals surface area contributed by atoms with Crippen molar-refractivity contribution >= 4 is 34.0 Å². The van der Waals surface area contributed by atoms with Gasteiger partial charge in [-0.25, -0.2) is 0 Å². The first kappa shape index (κ1) is 34.3. The van der Waals surface area contributed by atoms with Gasteiger partial charge in [-0.1, -0.05) is 90.3 Å².